The van der Waals surface area contributed by atoms with E-state index in [0.29, 0.717) is 5.92 Å². The number of ether oxygens (including phenoxy) is 1. The van der Waals surface area contributed by atoms with Crippen molar-refractivity contribution in [1.29, 1.82) is 0 Å². The van der Waals surface area contributed by atoms with Crippen LogP contribution in [0.15, 0.2) is 30.3 Å². The van der Waals surface area contributed by atoms with E-state index < -0.39 is 0 Å². The molecule has 0 saturated heterocycles. The van der Waals surface area contributed by atoms with Crippen LogP contribution in [0.25, 0.3) is 0 Å². The van der Waals surface area contributed by atoms with E-state index in [-0.39, 0.29) is 11.0 Å². The lowest BCUT2D eigenvalue weighted by molar-refractivity contribution is 0.146. The van der Waals surface area contributed by atoms with Crippen LogP contribution in [0.2, 0.25) is 0 Å². The summed E-state index contributed by atoms with van der Waals surface area (Å²) in [4.78, 5) is 0. The maximum Gasteiger partial charge on any atom is 0.0465 e. The van der Waals surface area contributed by atoms with E-state index in [0.717, 1.165) is 26.0 Å². The lowest BCUT2D eigenvalue weighted by Crippen LogP contribution is -2.49. The molecule has 2 unspecified atom stereocenters. The Kier molecular flexibility index (Phi) is 6.89. The first kappa shape index (κ1) is 18.2. The Morgan fingerprint density at radius 3 is 2.24 bits per heavy atom. The van der Waals surface area contributed by atoms with Gasteiger partial charge in [0, 0.05) is 31.2 Å². The van der Waals surface area contributed by atoms with Crippen molar-refractivity contribution in [3.05, 3.63) is 35.9 Å². The molecule has 2 atom stereocenters. The molecule has 2 nitrogen and oxygen atoms in total. The third-order valence-corrected chi connectivity index (χ3v) is 4.61. The molecule has 1 aromatic carbocycles. The summed E-state index contributed by atoms with van der Waals surface area (Å²) in [5.74, 6) is 0.569. The van der Waals surface area contributed by atoms with Crippen molar-refractivity contribution in [2.24, 2.45) is 5.92 Å². The molecule has 21 heavy (non-hydrogen) atoms. The minimum Gasteiger partial charge on any atom is -0.385 e. The maximum atomic E-state index is 5.31. The van der Waals surface area contributed by atoms with Crippen molar-refractivity contribution >= 4 is 0 Å². The Hall–Kier alpha value is -0.860. The highest BCUT2D eigenvalue weighted by Crippen LogP contribution is 2.37. The summed E-state index contributed by atoms with van der Waals surface area (Å²) in [7, 11) is 1.79. The first-order valence-electron chi connectivity index (χ1n) is 8.15. The normalized spacial score (nSPS) is 16.5. The van der Waals surface area contributed by atoms with Crippen LogP contribution in [0, 0.1) is 5.92 Å². The second kappa shape index (κ2) is 7.95. The standard InChI is InChI=1S/C19H33NO/c1-7-19(15-20-18(3,4)5,16(2)13-14-21-6)17-11-9-8-10-12-17/h8-12,16,20H,7,13-15H2,1-6H3. The third-order valence-electron chi connectivity index (χ3n) is 4.61. The van der Waals surface area contributed by atoms with Crippen molar-refractivity contribution < 1.29 is 4.74 Å². The van der Waals surface area contributed by atoms with E-state index in [1.165, 1.54) is 5.56 Å². The van der Waals surface area contributed by atoms with Crippen LogP contribution in [0.5, 0.6) is 0 Å². The summed E-state index contributed by atoms with van der Waals surface area (Å²) in [6, 6.07) is 11.0. The monoisotopic (exact) mass is 291 g/mol. The molecule has 0 amide bonds. The number of methoxy groups -OCH3 is 1. The number of hydrogen-bond acceptors (Lipinski definition) is 2. The second-order valence-electron chi connectivity index (χ2n) is 7.16. The summed E-state index contributed by atoms with van der Waals surface area (Å²) >= 11 is 0. The highest BCUT2D eigenvalue weighted by molar-refractivity contribution is 5.27. The van der Waals surface area contributed by atoms with Gasteiger partial charge >= 0.3 is 0 Å². The number of benzene rings is 1. The molecule has 0 spiro atoms. The molecule has 2 heteroatoms. The van der Waals surface area contributed by atoms with Crippen molar-refractivity contribution in [2.75, 3.05) is 20.3 Å². The summed E-state index contributed by atoms with van der Waals surface area (Å²) in [6.45, 7) is 13.2. The minimum atomic E-state index is 0.135. The van der Waals surface area contributed by atoms with Crippen molar-refractivity contribution in [3.8, 4) is 0 Å². The smallest absolute Gasteiger partial charge is 0.0465 e. The van der Waals surface area contributed by atoms with Gasteiger partial charge in [-0.3, -0.25) is 0 Å². The predicted molar refractivity (Wildman–Crippen MR) is 91.8 cm³/mol. The van der Waals surface area contributed by atoms with Crippen LogP contribution in [0.4, 0.5) is 0 Å². The lowest BCUT2D eigenvalue weighted by atomic mass is 9.67. The fourth-order valence-electron chi connectivity index (χ4n) is 3.00. The van der Waals surface area contributed by atoms with Crippen LogP contribution in [0.3, 0.4) is 0 Å². The Morgan fingerprint density at radius 1 is 1.14 bits per heavy atom. The van der Waals surface area contributed by atoms with E-state index in [2.05, 4.69) is 70.3 Å². The summed E-state index contributed by atoms with van der Waals surface area (Å²) < 4.78 is 5.31. The van der Waals surface area contributed by atoms with Gasteiger partial charge in [0.15, 0.2) is 0 Å². The zero-order valence-electron chi connectivity index (χ0n) is 14.7. The van der Waals surface area contributed by atoms with Gasteiger partial charge in [0.25, 0.3) is 0 Å². The molecule has 0 bridgehead atoms. The molecule has 1 N–H and O–H groups in total. The molecule has 0 saturated carbocycles. The highest BCUT2D eigenvalue weighted by Gasteiger charge is 2.36. The first-order chi connectivity index (χ1) is 9.85. The highest BCUT2D eigenvalue weighted by atomic mass is 16.5. The third kappa shape index (κ3) is 5.12. The molecule has 0 aliphatic carbocycles. The number of hydrogen-bond donors (Lipinski definition) is 1. The van der Waals surface area contributed by atoms with Gasteiger partial charge in [-0.1, -0.05) is 44.2 Å². The van der Waals surface area contributed by atoms with Gasteiger partial charge in [-0.25, -0.2) is 0 Å². The average molecular weight is 291 g/mol. The predicted octanol–water partition coefficient (Wildman–Crippen LogP) is 4.40. The van der Waals surface area contributed by atoms with Crippen LogP contribution in [-0.4, -0.2) is 25.8 Å². The van der Waals surface area contributed by atoms with E-state index in [9.17, 15) is 0 Å². The molecule has 1 aromatic rings. The van der Waals surface area contributed by atoms with Gasteiger partial charge in [-0.2, -0.15) is 0 Å². The van der Waals surface area contributed by atoms with E-state index in [1.54, 1.807) is 7.11 Å². The van der Waals surface area contributed by atoms with Crippen molar-refractivity contribution in [2.45, 2.75) is 58.4 Å². The molecular formula is C19H33NO. The topological polar surface area (TPSA) is 21.3 Å². The van der Waals surface area contributed by atoms with Crippen molar-refractivity contribution in [3.63, 3.8) is 0 Å². The van der Waals surface area contributed by atoms with Crippen LogP contribution < -0.4 is 5.32 Å². The minimum absolute atomic E-state index is 0.135. The molecule has 0 fully saturated rings. The first-order valence-corrected chi connectivity index (χ1v) is 8.15. The zero-order chi connectivity index (χ0) is 15.9. The fraction of sp³-hybridized carbons (Fsp3) is 0.684. The second-order valence-corrected chi connectivity index (χ2v) is 7.16. The van der Waals surface area contributed by atoms with Gasteiger partial charge in [-0.05, 0) is 45.1 Å². The zero-order valence-corrected chi connectivity index (χ0v) is 14.7. The van der Waals surface area contributed by atoms with Gasteiger partial charge in [0.05, 0.1) is 0 Å². The fourth-order valence-corrected chi connectivity index (χ4v) is 3.00. The molecule has 120 valence electrons. The molecule has 1 rings (SSSR count). The van der Waals surface area contributed by atoms with Crippen LogP contribution in [-0.2, 0) is 10.2 Å². The molecular weight excluding hydrogens is 258 g/mol. The van der Waals surface area contributed by atoms with Gasteiger partial charge in [-0.15, -0.1) is 0 Å². The Morgan fingerprint density at radius 2 is 1.76 bits per heavy atom. The van der Waals surface area contributed by atoms with E-state index in [4.69, 9.17) is 4.74 Å². The quantitative estimate of drug-likeness (QED) is 0.766. The van der Waals surface area contributed by atoms with Gasteiger partial charge < -0.3 is 10.1 Å². The Balaban J connectivity index is 3.06. The summed E-state index contributed by atoms with van der Waals surface area (Å²) in [5, 5.41) is 3.73. The van der Waals surface area contributed by atoms with Crippen LogP contribution >= 0.6 is 0 Å². The maximum absolute atomic E-state index is 5.31. The molecule has 0 aromatic heterocycles. The molecule has 0 aliphatic rings. The molecule has 0 heterocycles. The van der Waals surface area contributed by atoms with E-state index >= 15 is 0 Å². The van der Waals surface area contributed by atoms with Crippen molar-refractivity contribution in [1.82, 2.24) is 5.32 Å². The van der Waals surface area contributed by atoms with Crippen LogP contribution in [0.1, 0.15) is 53.0 Å². The molecule has 0 radical (unpaired) electrons. The molecule has 0 aliphatic heterocycles. The summed E-state index contributed by atoms with van der Waals surface area (Å²) in [5.41, 5.74) is 1.73. The van der Waals surface area contributed by atoms with Gasteiger partial charge in [0.2, 0.25) is 0 Å². The van der Waals surface area contributed by atoms with E-state index in [1.807, 2.05) is 0 Å². The Labute approximate surface area is 131 Å². The SMILES string of the molecule is CCC(CNC(C)(C)C)(c1ccccc1)C(C)CCOC. The number of rotatable bonds is 8. The Bertz CT molecular complexity index is 396. The average Bonchev–Trinajstić information content (AvgIpc) is 2.46. The largest absolute Gasteiger partial charge is 0.385 e. The summed E-state index contributed by atoms with van der Waals surface area (Å²) in [6.07, 6.45) is 2.22. The van der Waals surface area contributed by atoms with Gasteiger partial charge in [0.1, 0.15) is 0 Å². The number of nitrogens with one attached hydrogen (secondary N) is 1. The lowest BCUT2D eigenvalue weighted by Gasteiger charge is -2.41.